The van der Waals surface area contributed by atoms with Crippen molar-refractivity contribution in [3.05, 3.63) is 65.2 Å². The van der Waals surface area contributed by atoms with Crippen molar-refractivity contribution in [2.75, 3.05) is 7.11 Å². The van der Waals surface area contributed by atoms with E-state index in [1.54, 1.807) is 14.0 Å². The lowest BCUT2D eigenvalue weighted by molar-refractivity contribution is -0.118. The van der Waals surface area contributed by atoms with Gasteiger partial charge in [-0.2, -0.15) is 0 Å². The fourth-order valence-corrected chi connectivity index (χ4v) is 1.91. The molecule has 1 atom stereocenters. The summed E-state index contributed by atoms with van der Waals surface area (Å²) in [4.78, 5) is 11.4. The van der Waals surface area contributed by atoms with Crippen LogP contribution in [0, 0.1) is 11.8 Å². The topological polar surface area (TPSA) is 26.3 Å². The van der Waals surface area contributed by atoms with Gasteiger partial charge < -0.3 is 4.74 Å². The number of rotatable bonds is 3. The van der Waals surface area contributed by atoms with Gasteiger partial charge in [-0.3, -0.25) is 4.79 Å². The molecule has 0 amide bonds. The first-order valence-corrected chi connectivity index (χ1v) is 6.86. The van der Waals surface area contributed by atoms with Gasteiger partial charge in [0.05, 0.1) is 7.11 Å². The molecule has 0 saturated heterocycles. The summed E-state index contributed by atoms with van der Waals surface area (Å²) in [5.41, 5.74) is 2.90. The molecule has 0 aliphatic heterocycles. The average molecular weight is 278 g/mol. The molecule has 2 aromatic carbocycles. The van der Waals surface area contributed by atoms with Crippen LogP contribution >= 0.6 is 0 Å². The molecular weight excluding hydrogens is 260 g/mol. The van der Waals surface area contributed by atoms with Crippen molar-refractivity contribution in [3.8, 4) is 17.6 Å². The predicted molar refractivity (Wildman–Crippen MR) is 84.5 cm³/mol. The van der Waals surface area contributed by atoms with Crippen molar-refractivity contribution >= 4 is 5.78 Å². The molecule has 0 aliphatic carbocycles. The summed E-state index contributed by atoms with van der Waals surface area (Å²) in [6, 6.07) is 15.5. The van der Waals surface area contributed by atoms with Crippen molar-refractivity contribution in [3.63, 3.8) is 0 Å². The second-order valence-electron chi connectivity index (χ2n) is 4.93. The average Bonchev–Trinajstić information content (AvgIpc) is 2.53. The molecule has 0 fully saturated rings. The molecule has 21 heavy (non-hydrogen) atoms. The summed E-state index contributed by atoms with van der Waals surface area (Å²) in [7, 11) is 1.64. The zero-order chi connectivity index (χ0) is 15.2. The maximum atomic E-state index is 11.4. The zero-order valence-corrected chi connectivity index (χ0v) is 12.5. The van der Waals surface area contributed by atoms with Crippen molar-refractivity contribution in [2.24, 2.45) is 0 Å². The van der Waals surface area contributed by atoms with Gasteiger partial charge in [0.15, 0.2) is 0 Å². The predicted octanol–water partition coefficient (Wildman–Crippen LogP) is 3.79. The highest BCUT2D eigenvalue weighted by atomic mass is 16.5. The van der Waals surface area contributed by atoms with Crippen LogP contribution < -0.4 is 4.74 Å². The molecule has 2 rings (SSSR count). The van der Waals surface area contributed by atoms with Gasteiger partial charge in [-0.25, -0.2) is 0 Å². The second-order valence-corrected chi connectivity index (χ2v) is 4.93. The first kappa shape index (κ1) is 14.9. The number of carbonyl (C=O) groups excluding carboxylic acids is 1. The number of ketones is 1. The summed E-state index contributed by atoms with van der Waals surface area (Å²) < 4.78 is 5.11. The Balaban J connectivity index is 2.13. The molecule has 1 unspecified atom stereocenters. The molecular formula is C19H18O2. The molecule has 0 aromatic heterocycles. The molecule has 0 radical (unpaired) electrons. The maximum Gasteiger partial charge on any atom is 0.136 e. The third-order valence-corrected chi connectivity index (χ3v) is 3.46. The Bertz CT molecular complexity index is 670. The Morgan fingerprint density at radius 3 is 1.86 bits per heavy atom. The molecule has 0 bridgehead atoms. The normalized spacial score (nSPS) is 11.2. The van der Waals surface area contributed by atoms with E-state index in [1.807, 2.05) is 55.5 Å². The minimum absolute atomic E-state index is 0.0615. The Labute approximate surface area is 125 Å². The van der Waals surface area contributed by atoms with Crippen molar-refractivity contribution < 1.29 is 9.53 Å². The number of hydrogen-bond acceptors (Lipinski definition) is 2. The number of Topliss-reactive ketones (excluding diaryl/α,β-unsaturated/α-hetero) is 1. The maximum absolute atomic E-state index is 11.4. The molecule has 2 nitrogen and oxygen atoms in total. The first-order chi connectivity index (χ1) is 10.1. The van der Waals surface area contributed by atoms with Crippen LogP contribution in [0.25, 0.3) is 0 Å². The number of ether oxygens (including phenoxy) is 1. The fourth-order valence-electron chi connectivity index (χ4n) is 1.91. The molecule has 2 aromatic rings. The largest absolute Gasteiger partial charge is 0.497 e. The lowest BCUT2D eigenvalue weighted by atomic mass is 9.97. The monoisotopic (exact) mass is 278 g/mol. The molecule has 106 valence electrons. The third-order valence-electron chi connectivity index (χ3n) is 3.46. The Hall–Kier alpha value is -2.53. The summed E-state index contributed by atoms with van der Waals surface area (Å²) in [5.74, 6) is 7.16. The van der Waals surface area contributed by atoms with Crippen LogP contribution in [0.15, 0.2) is 48.5 Å². The third kappa shape index (κ3) is 3.97. The van der Waals surface area contributed by atoms with Crippen LogP contribution in [0.4, 0.5) is 0 Å². The molecule has 0 aliphatic rings. The highest BCUT2D eigenvalue weighted by Crippen LogP contribution is 2.16. The molecule has 2 heteroatoms. The minimum Gasteiger partial charge on any atom is -0.497 e. The first-order valence-electron chi connectivity index (χ1n) is 6.86. The summed E-state index contributed by atoms with van der Waals surface area (Å²) in [6.45, 7) is 3.53. The van der Waals surface area contributed by atoms with Gasteiger partial charge in [-0.1, -0.05) is 30.9 Å². The van der Waals surface area contributed by atoms with Gasteiger partial charge in [-0.05, 0) is 48.9 Å². The Morgan fingerprint density at radius 1 is 0.952 bits per heavy atom. The number of benzene rings is 2. The highest BCUT2D eigenvalue weighted by Gasteiger charge is 2.09. The Morgan fingerprint density at radius 2 is 1.43 bits per heavy atom. The van der Waals surface area contributed by atoms with E-state index < -0.39 is 0 Å². The van der Waals surface area contributed by atoms with Gasteiger partial charge in [0.1, 0.15) is 11.5 Å². The van der Waals surface area contributed by atoms with E-state index >= 15 is 0 Å². The molecule has 0 N–H and O–H groups in total. The van der Waals surface area contributed by atoms with Crippen LogP contribution in [0.1, 0.15) is 36.5 Å². The Kier molecular flexibility index (Phi) is 4.79. The van der Waals surface area contributed by atoms with Crippen LogP contribution in [-0.2, 0) is 4.79 Å². The van der Waals surface area contributed by atoms with E-state index in [-0.39, 0.29) is 11.7 Å². The zero-order valence-electron chi connectivity index (χ0n) is 12.5. The van der Waals surface area contributed by atoms with Gasteiger partial charge in [0.2, 0.25) is 0 Å². The van der Waals surface area contributed by atoms with Crippen molar-refractivity contribution in [1.82, 2.24) is 0 Å². The van der Waals surface area contributed by atoms with Crippen LogP contribution in [0.5, 0.6) is 5.75 Å². The fraction of sp³-hybridized carbons (Fsp3) is 0.211. The number of methoxy groups -OCH3 is 1. The van der Waals surface area contributed by atoms with E-state index in [0.29, 0.717) is 0 Å². The van der Waals surface area contributed by atoms with Crippen molar-refractivity contribution in [2.45, 2.75) is 19.8 Å². The standard InChI is InChI=1S/C19H18O2/c1-14(15(2)20)18-10-6-16(7-11-18)4-5-17-8-12-19(21-3)13-9-17/h6-14H,1-3H3. The van der Waals surface area contributed by atoms with E-state index in [2.05, 4.69) is 11.8 Å². The number of carbonyl (C=O) groups is 1. The molecule has 0 heterocycles. The smallest absolute Gasteiger partial charge is 0.136 e. The van der Waals surface area contributed by atoms with Crippen molar-refractivity contribution in [1.29, 1.82) is 0 Å². The van der Waals surface area contributed by atoms with Crippen LogP contribution in [0.2, 0.25) is 0 Å². The van der Waals surface area contributed by atoms with E-state index in [9.17, 15) is 4.79 Å². The SMILES string of the molecule is COc1ccc(C#Cc2ccc(C(C)C(C)=O)cc2)cc1. The van der Waals surface area contributed by atoms with E-state index in [1.165, 1.54) is 0 Å². The molecule has 0 saturated carbocycles. The van der Waals surface area contributed by atoms with Gasteiger partial charge in [0.25, 0.3) is 0 Å². The minimum atomic E-state index is -0.0615. The highest BCUT2D eigenvalue weighted by molar-refractivity contribution is 5.82. The van der Waals surface area contributed by atoms with E-state index in [0.717, 1.165) is 22.4 Å². The quantitative estimate of drug-likeness (QED) is 0.798. The second kappa shape index (κ2) is 6.76. The lowest BCUT2D eigenvalue weighted by Gasteiger charge is -2.07. The summed E-state index contributed by atoms with van der Waals surface area (Å²) >= 11 is 0. The van der Waals surface area contributed by atoms with Crippen LogP contribution in [0.3, 0.4) is 0 Å². The number of hydrogen-bond donors (Lipinski definition) is 0. The van der Waals surface area contributed by atoms with Gasteiger partial charge in [-0.15, -0.1) is 0 Å². The lowest BCUT2D eigenvalue weighted by Crippen LogP contribution is -2.03. The van der Waals surface area contributed by atoms with Crippen LogP contribution in [-0.4, -0.2) is 12.9 Å². The van der Waals surface area contributed by atoms with Gasteiger partial charge >= 0.3 is 0 Å². The summed E-state index contributed by atoms with van der Waals surface area (Å²) in [5, 5.41) is 0. The van der Waals surface area contributed by atoms with E-state index in [4.69, 9.17) is 4.74 Å². The van der Waals surface area contributed by atoms with Gasteiger partial charge in [0, 0.05) is 17.0 Å². The summed E-state index contributed by atoms with van der Waals surface area (Å²) in [6.07, 6.45) is 0. The molecule has 0 spiro atoms.